The lowest BCUT2D eigenvalue weighted by Gasteiger charge is -2.19. The Morgan fingerprint density at radius 2 is 2.05 bits per heavy atom. The lowest BCUT2D eigenvalue weighted by molar-refractivity contribution is 0.401. The minimum Gasteiger partial charge on any atom is -0.245 e. The zero-order valence-electron chi connectivity index (χ0n) is 12.1. The van der Waals surface area contributed by atoms with E-state index in [-0.39, 0.29) is 0 Å². The van der Waals surface area contributed by atoms with Gasteiger partial charge < -0.3 is 0 Å². The summed E-state index contributed by atoms with van der Waals surface area (Å²) in [4.78, 5) is 4.74. The summed E-state index contributed by atoms with van der Waals surface area (Å²) in [5.74, 6) is 1.03. The van der Waals surface area contributed by atoms with Gasteiger partial charge in [-0.25, -0.2) is 4.98 Å². The number of hydrogen-bond donors (Lipinski definition) is 0. The Labute approximate surface area is 120 Å². The maximum Gasteiger partial charge on any atom is 0.114 e. The van der Waals surface area contributed by atoms with Crippen molar-refractivity contribution < 1.29 is 0 Å². The zero-order chi connectivity index (χ0) is 13.9. The highest BCUT2D eigenvalue weighted by Gasteiger charge is 2.16. The first-order valence-corrected chi connectivity index (χ1v) is 8.04. The molecule has 2 nitrogen and oxygen atoms in total. The third kappa shape index (κ3) is 3.98. The maximum absolute atomic E-state index is 9.28. The summed E-state index contributed by atoms with van der Waals surface area (Å²) in [6.07, 6.45) is 5.77. The Bertz CT molecular complexity index is 495. The van der Waals surface area contributed by atoms with Crippen LogP contribution >= 0.6 is 11.8 Å². The number of aryl methyl sites for hydroxylation is 2. The van der Waals surface area contributed by atoms with Crippen LogP contribution in [-0.2, 0) is 12.8 Å². The molecule has 0 bridgehead atoms. The lowest BCUT2D eigenvalue weighted by Crippen LogP contribution is -2.08. The molecule has 2 rings (SSSR count). The molecule has 0 atom stereocenters. The van der Waals surface area contributed by atoms with E-state index in [1.54, 1.807) is 11.8 Å². The molecule has 0 aliphatic heterocycles. The first-order chi connectivity index (χ1) is 8.99. The van der Waals surface area contributed by atoms with Crippen molar-refractivity contribution in [1.29, 1.82) is 5.26 Å². The third-order valence-corrected chi connectivity index (χ3v) is 4.47. The summed E-state index contributed by atoms with van der Waals surface area (Å²) in [6, 6.07) is 4.38. The molecule has 1 heterocycles. The van der Waals surface area contributed by atoms with Crippen LogP contribution in [0, 0.1) is 16.7 Å². The molecule has 0 saturated carbocycles. The van der Waals surface area contributed by atoms with E-state index < -0.39 is 0 Å². The van der Waals surface area contributed by atoms with Crippen molar-refractivity contribution in [2.24, 2.45) is 5.41 Å². The second kappa shape index (κ2) is 5.96. The number of rotatable bonds is 3. The lowest BCUT2D eigenvalue weighted by atomic mass is 9.94. The fourth-order valence-electron chi connectivity index (χ4n) is 2.26. The SMILES string of the molecule is CC(C)(C)CCSc1nc2c(cc1C#N)CCCC2. The molecule has 0 fully saturated rings. The highest BCUT2D eigenvalue weighted by molar-refractivity contribution is 7.99. The Hall–Kier alpha value is -1.01. The normalized spacial score (nSPS) is 14.8. The van der Waals surface area contributed by atoms with E-state index in [4.69, 9.17) is 4.98 Å². The molecule has 1 aliphatic rings. The number of aromatic nitrogens is 1. The Morgan fingerprint density at radius 3 is 2.74 bits per heavy atom. The predicted octanol–water partition coefficient (Wildman–Crippen LogP) is 4.36. The van der Waals surface area contributed by atoms with Gasteiger partial charge in [0.15, 0.2) is 0 Å². The quantitative estimate of drug-likeness (QED) is 0.768. The van der Waals surface area contributed by atoms with Gasteiger partial charge in [0.1, 0.15) is 11.1 Å². The maximum atomic E-state index is 9.28. The summed E-state index contributed by atoms with van der Waals surface area (Å²) < 4.78 is 0. The first-order valence-electron chi connectivity index (χ1n) is 7.05. The van der Waals surface area contributed by atoms with Crippen LogP contribution in [0.2, 0.25) is 0 Å². The monoisotopic (exact) mass is 274 g/mol. The summed E-state index contributed by atoms with van der Waals surface area (Å²) >= 11 is 1.74. The van der Waals surface area contributed by atoms with Gasteiger partial charge in [-0.2, -0.15) is 5.26 Å². The second-order valence-corrected chi connectivity index (χ2v) is 7.51. The van der Waals surface area contributed by atoms with E-state index >= 15 is 0 Å². The van der Waals surface area contributed by atoms with Gasteiger partial charge in [-0.05, 0) is 49.1 Å². The van der Waals surface area contributed by atoms with Gasteiger partial charge in [0, 0.05) is 11.4 Å². The van der Waals surface area contributed by atoms with Crippen molar-refractivity contribution in [3.8, 4) is 6.07 Å². The molecular weight excluding hydrogens is 252 g/mol. The molecule has 0 radical (unpaired) electrons. The molecule has 0 aromatic carbocycles. The molecule has 0 N–H and O–H groups in total. The van der Waals surface area contributed by atoms with Crippen LogP contribution in [0.5, 0.6) is 0 Å². The summed E-state index contributed by atoms with van der Waals surface area (Å²) in [6.45, 7) is 6.75. The number of nitriles is 1. The molecule has 0 unspecified atom stereocenters. The molecule has 1 aromatic heterocycles. The van der Waals surface area contributed by atoms with Gasteiger partial charge >= 0.3 is 0 Å². The topological polar surface area (TPSA) is 36.7 Å². The largest absolute Gasteiger partial charge is 0.245 e. The molecule has 1 aliphatic carbocycles. The molecule has 0 saturated heterocycles. The highest BCUT2D eigenvalue weighted by atomic mass is 32.2. The van der Waals surface area contributed by atoms with E-state index in [1.165, 1.54) is 24.1 Å². The standard InChI is InChI=1S/C16H22N2S/c1-16(2,3)8-9-19-15-13(11-17)10-12-6-4-5-7-14(12)18-15/h10H,4-9H2,1-3H3. The van der Waals surface area contributed by atoms with Crippen molar-refractivity contribution in [1.82, 2.24) is 4.98 Å². The van der Waals surface area contributed by atoms with Crippen molar-refractivity contribution >= 4 is 11.8 Å². The number of thioether (sulfide) groups is 1. The van der Waals surface area contributed by atoms with Gasteiger partial charge in [0.25, 0.3) is 0 Å². The Balaban J connectivity index is 2.13. The minimum absolute atomic E-state index is 0.341. The second-order valence-electron chi connectivity index (χ2n) is 6.42. The fraction of sp³-hybridized carbons (Fsp3) is 0.625. The zero-order valence-corrected chi connectivity index (χ0v) is 12.9. The van der Waals surface area contributed by atoms with Gasteiger partial charge in [-0.1, -0.05) is 20.8 Å². The van der Waals surface area contributed by atoms with E-state index in [1.807, 2.05) is 0 Å². The van der Waals surface area contributed by atoms with Crippen LogP contribution < -0.4 is 0 Å². The van der Waals surface area contributed by atoms with Crippen LogP contribution in [-0.4, -0.2) is 10.7 Å². The van der Waals surface area contributed by atoms with Gasteiger partial charge in [-0.3, -0.25) is 0 Å². The Morgan fingerprint density at radius 1 is 1.32 bits per heavy atom. The minimum atomic E-state index is 0.341. The van der Waals surface area contributed by atoms with Gasteiger partial charge in [0.05, 0.1) is 5.56 Å². The average molecular weight is 274 g/mol. The average Bonchev–Trinajstić information content (AvgIpc) is 2.36. The van der Waals surface area contributed by atoms with Crippen LogP contribution in [0.4, 0.5) is 0 Å². The number of nitrogens with zero attached hydrogens (tertiary/aromatic N) is 2. The number of hydrogen-bond acceptors (Lipinski definition) is 3. The van der Waals surface area contributed by atoms with Crippen molar-refractivity contribution in [2.75, 3.05) is 5.75 Å². The number of fused-ring (bicyclic) bond motifs is 1. The number of pyridine rings is 1. The van der Waals surface area contributed by atoms with Crippen molar-refractivity contribution in [3.63, 3.8) is 0 Å². The van der Waals surface area contributed by atoms with E-state index in [0.29, 0.717) is 5.41 Å². The molecule has 0 spiro atoms. The molecule has 19 heavy (non-hydrogen) atoms. The molecule has 0 amide bonds. The van der Waals surface area contributed by atoms with Crippen LogP contribution in [0.1, 0.15) is 56.9 Å². The van der Waals surface area contributed by atoms with Crippen molar-refractivity contribution in [2.45, 2.75) is 57.9 Å². The van der Waals surface area contributed by atoms with Gasteiger partial charge in [0.2, 0.25) is 0 Å². The van der Waals surface area contributed by atoms with E-state index in [0.717, 1.165) is 35.6 Å². The smallest absolute Gasteiger partial charge is 0.114 e. The van der Waals surface area contributed by atoms with E-state index in [9.17, 15) is 5.26 Å². The first kappa shape index (κ1) is 14.4. The summed E-state index contributed by atoms with van der Waals surface area (Å²) in [5.41, 5.74) is 3.62. The molecule has 102 valence electrons. The summed E-state index contributed by atoms with van der Waals surface area (Å²) in [5, 5.41) is 10.2. The van der Waals surface area contributed by atoms with Crippen molar-refractivity contribution in [3.05, 3.63) is 22.9 Å². The predicted molar refractivity (Wildman–Crippen MR) is 80.4 cm³/mol. The molecule has 3 heteroatoms. The third-order valence-electron chi connectivity index (χ3n) is 3.48. The Kier molecular flexibility index (Phi) is 4.52. The van der Waals surface area contributed by atoms with E-state index in [2.05, 4.69) is 32.9 Å². The van der Waals surface area contributed by atoms with Crippen LogP contribution in [0.3, 0.4) is 0 Å². The van der Waals surface area contributed by atoms with Crippen LogP contribution in [0.25, 0.3) is 0 Å². The summed E-state index contributed by atoms with van der Waals surface area (Å²) in [7, 11) is 0. The van der Waals surface area contributed by atoms with Crippen LogP contribution in [0.15, 0.2) is 11.1 Å². The highest BCUT2D eigenvalue weighted by Crippen LogP contribution is 2.30. The molecule has 1 aromatic rings. The molecular formula is C16H22N2S. The van der Waals surface area contributed by atoms with Gasteiger partial charge in [-0.15, -0.1) is 11.8 Å². The fourth-order valence-corrected chi connectivity index (χ4v) is 3.60.